The quantitative estimate of drug-likeness (QED) is 0.420. The van der Waals surface area contributed by atoms with Crippen molar-refractivity contribution in [1.29, 1.82) is 0 Å². The number of primary amides is 1. The molecule has 1 aromatic rings. The Morgan fingerprint density at radius 2 is 1.66 bits per heavy atom. The number of carboxylic acids is 1. The highest BCUT2D eigenvalue weighted by atomic mass is 16.6. The molecule has 1 aliphatic rings. The van der Waals surface area contributed by atoms with Crippen LogP contribution in [-0.4, -0.2) is 70.6 Å². The molecule has 1 fully saturated rings. The molecule has 2 rings (SSSR count). The molecule has 0 radical (unpaired) electrons. The number of rotatable bonds is 8. The summed E-state index contributed by atoms with van der Waals surface area (Å²) in [6.45, 7) is 7.31. The molecule has 1 heterocycles. The summed E-state index contributed by atoms with van der Waals surface area (Å²) in [7, 11) is 0. The van der Waals surface area contributed by atoms with Crippen molar-refractivity contribution < 1.29 is 33.8 Å². The number of hydrogen-bond acceptors (Lipinski definition) is 6. The Morgan fingerprint density at radius 1 is 1.09 bits per heavy atom. The number of carboxylic acid groups (broad SMARTS) is 1. The average Bonchev–Trinajstić information content (AvgIpc) is 2.77. The molecule has 4 amide bonds. The Hall–Kier alpha value is -3.63. The zero-order chi connectivity index (χ0) is 26.4. The van der Waals surface area contributed by atoms with Crippen LogP contribution < -0.4 is 16.4 Å². The van der Waals surface area contributed by atoms with E-state index in [1.807, 2.05) is 30.3 Å². The van der Waals surface area contributed by atoms with Crippen molar-refractivity contribution in [2.75, 3.05) is 13.1 Å². The third kappa shape index (κ3) is 7.43. The van der Waals surface area contributed by atoms with E-state index < -0.39 is 59.3 Å². The van der Waals surface area contributed by atoms with Gasteiger partial charge >= 0.3 is 12.1 Å². The lowest BCUT2D eigenvalue weighted by Crippen LogP contribution is -2.57. The van der Waals surface area contributed by atoms with Gasteiger partial charge in [0.05, 0.1) is 11.8 Å². The highest BCUT2D eigenvalue weighted by Crippen LogP contribution is 2.36. The summed E-state index contributed by atoms with van der Waals surface area (Å²) < 4.78 is 5.44. The number of ether oxygens (including phenoxy) is 1. The van der Waals surface area contributed by atoms with Crippen LogP contribution in [0.4, 0.5) is 4.79 Å². The van der Waals surface area contributed by atoms with Crippen molar-refractivity contribution in [3.05, 3.63) is 35.9 Å². The van der Waals surface area contributed by atoms with Crippen molar-refractivity contribution in [1.82, 2.24) is 15.5 Å². The SMILES string of the molecule is C[C@H](NC(=O)C1(c2ccccc2)CCN(C(=O)OC(C)(C)C)CC1)C(=O)N[C@H](CC(N)=O)C(=O)O. The molecule has 0 aliphatic carbocycles. The van der Waals surface area contributed by atoms with E-state index in [9.17, 15) is 29.1 Å². The molecule has 11 heteroatoms. The van der Waals surface area contributed by atoms with Crippen LogP contribution >= 0.6 is 0 Å². The maximum atomic E-state index is 13.5. The van der Waals surface area contributed by atoms with Crippen LogP contribution in [0.15, 0.2) is 30.3 Å². The van der Waals surface area contributed by atoms with Crippen LogP contribution in [0, 0.1) is 0 Å². The Labute approximate surface area is 204 Å². The summed E-state index contributed by atoms with van der Waals surface area (Å²) in [4.78, 5) is 62.6. The Bertz CT molecular complexity index is 950. The average molecular weight is 491 g/mol. The molecule has 2 atom stereocenters. The van der Waals surface area contributed by atoms with Gasteiger partial charge in [-0.2, -0.15) is 0 Å². The summed E-state index contributed by atoms with van der Waals surface area (Å²) in [6.07, 6.45) is -0.427. The van der Waals surface area contributed by atoms with Crippen molar-refractivity contribution in [3.8, 4) is 0 Å². The molecule has 0 aromatic heterocycles. The Kier molecular flexibility index (Phi) is 8.83. The fraction of sp³-hybridized carbons (Fsp3) is 0.542. The predicted octanol–water partition coefficient (Wildman–Crippen LogP) is 0.905. The highest BCUT2D eigenvalue weighted by molar-refractivity contribution is 5.95. The molecule has 0 bridgehead atoms. The lowest BCUT2D eigenvalue weighted by Gasteiger charge is -2.41. The molecule has 192 valence electrons. The van der Waals surface area contributed by atoms with Gasteiger partial charge < -0.3 is 31.1 Å². The number of carbonyl (C=O) groups excluding carboxylic acids is 4. The Morgan fingerprint density at radius 3 is 2.14 bits per heavy atom. The van der Waals surface area contributed by atoms with Crippen LogP contribution in [0.1, 0.15) is 52.5 Å². The number of carbonyl (C=O) groups is 5. The second-order valence-electron chi connectivity index (χ2n) is 9.68. The van der Waals surface area contributed by atoms with Crippen molar-refractivity contribution >= 4 is 29.8 Å². The van der Waals surface area contributed by atoms with Crippen LogP contribution in [0.5, 0.6) is 0 Å². The van der Waals surface area contributed by atoms with Crippen LogP contribution in [-0.2, 0) is 29.3 Å². The van der Waals surface area contributed by atoms with E-state index >= 15 is 0 Å². The minimum Gasteiger partial charge on any atom is -0.480 e. The molecule has 1 saturated heterocycles. The van der Waals surface area contributed by atoms with Crippen molar-refractivity contribution in [3.63, 3.8) is 0 Å². The van der Waals surface area contributed by atoms with Gasteiger partial charge in [0.1, 0.15) is 17.7 Å². The Balaban J connectivity index is 2.17. The summed E-state index contributed by atoms with van der Waals surface area (Å²) >= 11 is 0. The number of nitrogens with two attached hydrogens (primary N) is 1. The maximum Gasteiger partial charge on any atom is 0.410 e. The predicted molar refractivity (Wildman–Crippen MR) is 126 cm³/mol. The van der Waals surface area contributed by atoms with Gasteiger partial charge in [-0.25, -0.2) is 9.59 Å². The van der Waals surface area contributed by atoms with Gasteiger partial charge in [0.25, 0.3) is 0 Å². The summed E-state index contributed by atoms with van der Waals surface area (Å²) in [5.41, 5.74) is 4.14. The fourth-order valence-corrected chi connectivity index (χ4v) is 3.90. The molecule has 35 heavy (non-hydrogen) atoms. The van der Waals surface area contributed by atoms with E-state index in [0.717, 1.165) is 5.56 Å². The maximum absolute atomic E-state index is 13.5. The summed E-state index contributed by atoms with van der Waals surface area (Å²) in [5, 5.41) is 14.1. The van der Waals surface area contributed by atoms with Gasteiger partial charge in [-0.15, -0.1) is 0 Å². The first-order chi connectivity index (χ1) is 16.2. The van der Waals surface area contributed by atoms with Gasteiger partial charge in [0, 0.05) is 13.1 Å². The fourth-order valence-electron chi connectivity index (χ4n) is 3.90. The molecule has 11 nitrogen and oxygen atoms in total. The van der Waals surface area contributed by atoms with Gasteiger partial charge in [0.2, 0.25) is 17.7 Å². The molecule has 0 unspecified atom stereocenters. The minimum absolute atomic E-state index is 0.275. The van der Waals surface area contributed by atoms with Gasteiger partial charge in [-0.05, 0) is 46.1 Å². The van der Waals surface area contributed by atoms with E-state index in [1.165, 1.54) is 6.92 Å². The smallest absolute Gasteiger partial charge is 0.410 e. The second kappa shape index (κ2) is 11.2. The van der Waals surface area contributed by atoms with E-state index in [2.05, 4.69) is 10.6 Å². The van der Waals surface area contributed by atoms with Gasteiger partial charge in [-0.3, -0.25) is 14.4 Å². The van der Waals surface area contributed by atoms with Crippen molar-refractivity contribution in [2.45, 2.75) is 70.1 Å². The number of likely N-dealkylation sites (tertiary alicyclic amines) is 1. The number of nitrogens with one attached hydrogen (secondary N) is 2. The lowest BCUT2D eigenvalue weighted by molar-refractivity contribution is -0.143. The normalized spacial score (nSPS) is 17.0. The number of piperidine rings is 1. The number of aliphatic carboxylic acids is 1. The molecule has 5 N–H and O–H groups in total. The van der Waals surface area contributed by atoms with E-state index in [-0.39, 0.29) is 13.1 Å². The monoisotopic (exact) mass is 490 g/mol. The van der Waals surface area contributed by atoms with E-state index in [1.54, 1.807) is 25.7 Å². The van der Waals surface area contributed by atoms with E-state index in [0.29, 0.717) is 12.8 Å². The standard InChI is InChI=1S/C24H34N4O7/c1-15(19(30)27-17(20(31)32)14-18(25)29)26-21(33)24(16-8-6-5-7-9-16)10-12-28(13-11-24)22(34)35-23(2,3)4/h5-9,15,17H,10-14H2,1-4H3,(H2,25,29)(H,26,33)(H,27,30)(H,31,32)/t15-,17+/m0/s1. The molecule has 0 spiro atoms. The highest BCUT2D eigenvalue weighted by Gasteiger charge is 2.45. The van der Waals surface area contributed by atoms with E-state index in [4.69, 9.17) is 10.5 Å². The summed E-state index contributed by atoms with van der Waals surface area (Å²) in [5.74, 6) is -3.47. The molecule has 0 saturated carbocycles. The molecular weight excluding hydrogens is 456 g/mol. The van der Waals surface area contributed by atoms with Crippen LogP contribution in [0.3, 0.4) is 0 Å². The largest absolute Gasteiger partial charge is 0.480 e. The number of amides is 4. The second-order valence-corrected chi connectivity index (χ2v) is 9.68. The van der Waals surface area contributed by atoms with Gasteiger partial charge in [-0.1, -0.05) is 30.3 Å². The first kappa shape index (κ1) is 27.6. The molecule has 1 aliphatic heterocycles. The zero-order valence-corrected chi connectivity index (χ0v) is 20.5. The van der Waals surface area contributed by atoms with Crippen molar-refractivity contribution in [2.24, 2.45) is 5.73 Å². The third-order valence-electron chi connectivity index (χ3n) is 5.79. The topological polar surface area (TPSA) is 168 Å². The first-order valence-corrected chi connectivity index (χ1v) is 11.4. The summed E-state index contributed by atoms with van der Waals surface area (Å²) in [6, 6.07) is 6.50. The third-order valence-corrected chi connectivity index (χ3v) is 5.79. The van der Waals surface area contributed by atoms with Gasteiger partial charge in [0.15, 0.2) is 0 Å². The molecular formula is C24H34N4O7. The molecule has 1 aromatic carbocycles. The van der Waals surface area contributed by atoms with Crippen LogP contribution in [0.25, 0.3) is 0 Å². The minimum atomic E-state index is -1.50. The van der Waals surface area contributed by atoms with Crippen LogP contribution in [0.2, 0.25) is 0 Å². The zero-order valence-electron chi connectivity index (χ0n) is 20.5. The number of hydrogen-bond donors (Lipinski definition) is 4. The number of nitrogens with zero attached hydrogens (tertiary/aromatic N) is 1. The lowest BCUT2D eigenvalue weighted by atomic mass is 9.72. The first-order valence-electron chi connectivity index (χ1n) is 11.4. The number of benzene rings is 1.